The zero-order valence-electron chi connectivity index (χ0n) is 10.9. The summed E-state index contributed by atoms with van der Waals surface area (Å²) >= 11 is 5.98. The van der Waals surface area contributed by atoms with Crippen molar-refractivity contribution in [2.24, 2.45) is 0 Å². The Hall–Kier alpha value is -1.56. The Labute approximate surface area is 116 Å². The summed E-state index contributed by atoms with van der Waals surface area (Å²) in [5.41, 5.74) is 0.0266. The highest BCUT2D eigenvalue weighted by Crippen LogP contribution is 2.20. The normalized spacial score (nSPS) is 15.9. The number of nitrogens with one attached hydrogen (secondary N) is 2. The average Bonchev–Trinajstić information content (AvgIpc) is 3.19. The van der Waals surface area contributed by atoms with E-state index in [-0.39, 0.29) is 16.5 Å². The smallest absolute Gasteiger partial charge is 0.287 e. The molecule has 2 rings (SSSR count). The van der Waals surface area contributed by atoms with Crippen molar-refractivity contribution in [3.8, 4) is 0 Å². The van der Waals surface area contributed by atoms with E-state index in [0.29, 0.717) is 18.3 Å². The predicted molar refractivity (Wildman–Crippen MR) is 73.4 cm³/mol. The molecule has 0 saturated heterocycles. The Bertz CT molecular complexity index is 539. The summed E-state index contributed by atoms with van der Waals surface area (Å²) in [5, 5.41) is 9.82. The molecule has 1 atom stereocenters. The lowest BCUT2D eigenvalue weighted by Crippen LogP contribution is -2.39. The number of carbonyl (C=O) groups excluding carboxylic acids is 1. The summed E-state index contributed by atoms with van der Waals surface area (Å²) in [7, 11) is 0. The summed E-state index contributed by atoms with van der Waals surface area (Å²) in [5.74, 6) is -0.0989. The van der Waals surface area contributed by atoms with Crippen molar-refractivity contribution in [1.82, 2.24) is 15.1 Å². The molecule has 7 heteroatoms. The van der Waals surface area contributed by atoms with E-state index < -0.39 is 6.04 Å². The summed E-state index contributed by atoms with van der Waals surface area (Å²) < 4.78 is 1.27. The van der Waals surface area contributed by atoms with Crippen LogP contribution in [0.2, 0.25) is 5.02 Å². The molecule has 1 aliphatic rings. The molecule has 1 heterocycles. The van der Waals surface area contributed by atoms with Gasteiger partial charge < -0.3 is 10.6 Å². The number of amides is 1. The van der Waals surface area contributed by atoms with E-state index in [1.165, 1.54) is 10.9 Å². The second kappa shape index (κ2) is 5.61. The molecular formula is C12H17ClN4O2. The molecule has 1 saturated carbocycles. The number of carbonyl (C=O) groups is 1. The lowest BCUT2D eigenvalue weighted by Gasteiger charge is -2.16. The van der Waals surface area contributed by atoms with Gasteiger partial charge in [-0.3, -0.25) is 9.59 Å². The fraction of sp³-hybridized carbons (Fsp3) is 0.583. The summed E-state index contributed by atoms with van der Waals surface area (Å²) in [6.07, 6.45) is 3.54. The third-order valence-corrected chi connectivity index (χ3v) is 3.34. The van der Waals surface area contributed by atoms with Crippen LogP contribution in [-0.4, -0.2) is 27.8 Å². The number of nitrogens with zero attached hydrogens (tertiary/aromatic N) is 2. The lowest BCUT2D eigenvalue weighted by atomic mass is 10.3. The maximum Gasteiger partial charge on any atom is 0.287 e. The second-order valence-corrected chi connectivity index (χ2v) is 5.02. The van der Waals surface area contributed by atoms with E-state index in [4.69, 9.17) is 11.6 Å². The molecule has 104 valence electrons. The van der Waals surface area contributed by atoms with Gasteiger partial charge in [0.1, 0.15) is 11.1 Å². The van der Waals surface area contributed by atoms with Crippen molar-refractivity contribution in [1.29, 1.82) is 0 Å². The van der Waals surface area contributed by atoms with Crippen LogP contribution in [0.4, 0.5) is 5.69 Å². The Morgan fingerprint density at radius 3 is 2.89 bits per heavy atom. The first-order valence-corrected chi connectivity index (χ1v) is 6.73. The molecule has 1 unspecified atom stereocenters. The Kier molecular flexibility index (Phi) is 4.09. The van der Waals surface area contributed by atoms with Crippen molar-refractivity contribution in [2.75, 3.05) is 5.32 Å². The Morgan fingerprint density at radius 1 is 1.63 bits per heavy atom. The maximum atomic E-state index is 11.8. The molecule has 2 N–H and O–H groups in total. The minimum absolute atomic E-state index is 0.0583. The van der Waals surface area contributed by atoms with Crippen molar-refractivity contribution in [3.63, 3.8) is 0 Å². The highest BCUT2D eigenvalue weighted by molar-refractivity contribution is 6.33. The first-order valence-electron chi connectivity index (χ1n) is 6.35. The zero-order chi connectivity index (χ0) is 14.0. The largest absolute Gasteiger partial charge is 0.371 e. The van der Waals surface area contributed by atoms with Crippen LogP contribution in [0.25, 0.3) is 0 Å². The van der Waals surface area contributed by atoms with Crippen LogP contribution in [0.3, 0.4) is 0 Å². The van der Waals surface area contributed by atoms with Gasteiger partial charge in [-0.15, -0.1) is 0 Å². The highest BCUT2D eigenvalue weighted by Gasteiger charge is 2.26. The molecule has 0 bridgehead atoms. The number of aryl methyl sites for hydroxylation is 1. The topological polar surface area (TPSA) is 76.0 Å². The average molecular weight is 285 g/mol. The summed E-state index contributed by atoms with van der Waals surface area (Å²) in [4.78, 5) is 23.6. The van der Waals surface area contributed by atoms with E-state index >= 15 is 0 Å². The maximum absolute atomic E-state index is 11.8. The van der Waals surface area contributed by atoms with Gasteiger partial charge in [0.25, 0.3) is 5.56 Å². The van der Waals surface area contributed by atoms with Gasteiger partial charge in [0.05, 0.1) is 11.9 Å². The monoisotopic (exact) mass is 284 g/mol. The van der Waals surface area contributed by atoms with Crippen LogP contribution in [-0.2, 0) is 11.3 Å². The van der Waals surface area contributed by atoms with Crippen molar-refractivity contribution < 1.29 is 4.79 Å². The number of aromatic nitrogens is 2. The first-order chi connectivity index (χ1) is 9.02. The van der Waals surface area contributed by atoms with Crippen molar-refractivity contribution in [3.05, 3.63) is 21.6 Å². The van der Waals surface area contributed by atoms with Crippen LogP contribution in [0.5, 0.6) is 0 Å². The Morgan fingerprint density at radius 2 is 2.32 bits per heavy atom. The molecule has 6 nitrogen and oxygen atoms in total. The number of anilines is 1. The highest BCUT2D eigenvalue weighted by atomic mass is 35.5. The molecule has 1 aliphatic carbocycles. The number of hydrogen-bond acceptors (Lipinski definition) is 4. The van der Waals surface area contributed by atoms with E-state index in [2.05, 4.69) is 15.7 Å². The van der Waals surface area contributed by atoms with Crippen LogP contribution < -0.4 is 16.2 Å². The predicted octanol–water partition coefficient (Wildman–Crippen LogP) is 0.996. The summed E-state index contributed by atoms with van der Waals surface area (Å²) in [6, 6.07) is -0.157. The van der Waals surface area contributed by atoms with Gasteiger partial charge in [-0.05, 0) is 26.7 Å². The van der Waals surface area contributed by atoms with Crippen LogP contribution in [0.15, 0.2) is 11.0 Å². The molecule has 19 heavy (non-hydrogen) atoms. The molecule has 0 radical (unpaired) electrons. The fourth-order valence-electron chi connectivity index (χ4n) is 1.64. The van der Waals surface area contributed by atoms with Crippen molar-refractivity contribution >= 4 is 23.2 Å². The zero-order valence-corrected chi connectivity index (χ0v) is 11.7. The van der Waals surface area contributed by atoms with Gasteiger partial charge in [-0.1, -0.05) is 11.6 Å². The van der Waals surface area contributed by atoms with Gasteiger partial charge in [0, 0.05) is 12.6 Å². The van der Waals surface area contributed by atoms with Crippen LogP contribution >= 0.6 is 11.6 Å². The van der Waals surface area contributed by atoms with E-state index in [1.54, 1.807) is 6.92 Å². The van der Waals surface area contributed by atoms with Crippen LogP contribution in [0.1, 0.15) is 26.7 Å². The molecule has 0 aromatic carbocycles. The van der Waals surface area contributed by atoms with Gasteiger partial charge >= 0.3 is 0 Å². The van der Waals surface area contributed by atoms with E-state index in [1.807, 2.05) is 6.92 Å². The first kappa shape index (κ1) is 13.9. The Balaban J connectivity index is 2.07. The van der Waals surface area contributed by atoms with Gasteiger partial charge in [-0.2, -0.15) is 5.10 Å². The number of rotatable bonds is 5. The molecular weight excluding hydrogens is 268 g/mol. The van der Waals surface area contributed by atoms with Crippen molar-refractivity contribution in [2.45, 2.75) is 45.3 Å². The molecule has 1 aromatic heterocycles. The standard InChI is InChI=1S/C12H17ClN4O2/c1-3-17-12(19)10(13)9(6-14-17)15-7(2)11(18)16-8-4-5-8/h6-8,15H,3-5H2,1-2H3,(H,16,18). The van der Waals surface area contributed by atoms with Crippen LogP contribution in [0, 0.1) is 0 Å². The third kappa shape index (κ3) is 3.26. The number of hydrogen-bond donors (Lipinski definition) is 2. The molecule has 1 fully saturated rings. The minimum Gasteiger partial charge on any atom is -0.371 e. The van der Waals surface area contributed by atoms with Gasteiger partial charge in [0.2, 0.25) is 5.91 Å². The molecule has 1 aromatic rings. The molecule has 0 aliphatic heterocycles. The third-order valence-electron chi connectivity index (χ3n) is 2.97. The van der Waals surface area contributed by atoms with Gasteiger partial charge in [0.15, 0.2) is 0 Å². The molecule has 1 amide bonds. The van der Waals surface area contributed by atoms with E-state index in [0.717, 1.165) is 12.8 Å². The quantitative estimate of drug-likeness (QED) is 0.846. The minimum atomic E-state index is -0.461. The fourth-order valence-corrected chi connectivity index (χ4v) is 1.84. The van der Waals surface area contributed by atoms with Gasteiger partial charge in [-0.25, -0.2) is 4.68 Å². The number of halogens is 1. The SMILES string of the molecule is CCn1ncc(NC(C)C(=O)NC2CC2)c(Cl)c1=O. The lowest BCUT2D eigenvalue weighted by molar-refractivity contribution is -0.121. The van der Waals surface area contributed by atoms with E-state index in [9.17, 15) is 9.59 Å². The summed E-state index contributed by atoms with van der Waals surface area (Å²) in [6.45, 7) is 3.99. The molecule has 0 spiro atoms. The second-order valence-electron chi connectivity index (χ2n) is 4.64.